The van der Waals surface area contributed by atoms with Crippen molar-refractivity contribution in [2.45, 2.75) is 41.4 Å². The van der Waals surface area contributed by atoms with Crippen LogP contribution in [0.5, 0.6) is 0 Å². The van der Waals surface area contributed by atoms with Crippen LogP contribution in [0.25, 0.3) is 0 Å². The van der Waals surface area contributed by atoms with Crippen molar-refractivity contribution in [2.24, 2.45) is 10.8 Å². The normalized spacial score (nSPS) is 54.7. The van der Waals surface area contributed by atoms with Gasteiger partial charge in [-0.2, -0.15) is 0 Å². The van der Waals surface area contributed by atoms with Crippen molar-refractivity contribution in [1.29, 1.82) is 0 Å². The Kier molecular flexibility index (Phi) is 1.26. The van der Waals surface area contributed by atoms with Crippen LogP contribution in [0.15, 0.2) is 24.3 Å². The van der Waals surface area contributed by atoms with E-state index < -0.39 is 0 Å². The van der Waals surface area contributed by atoms with E-state index in [1.54, 1.807) is 24.0 Å². The molecule has 16 heavy (non-hydrogen) atoms. The third-order valence-electron chi connectivity index (χ3n) is 6.22. The molecule has 1 aromatic carbocycles. The molecule has 0 heterocycles. The van der Waals surface area contributed by atoms with Crippen LogP contribution in [0.2, 0.25) is 0 Å². The quantitative estimate of drug-likeness (QED) is 0.503. The molecule has 8 rings (SSSR count). The first-order chi connectivity index (χ1) is 7.70. The predicted molar refractivity (Wildman–Crippen MR) is 73.0 cm³/mol. The largest absolute Gasteiger partial charge is 0.0816 e. The molecule has 0 aliphatic heterocycles. The van der Waals surface area contributed by atoms with E-state index in [0.29, 0.717) is 5.41 Å². The van der Waals surface area contributed by atoms with E-state index >= 15 is 0 Å². The average molecular weight is 322 g/mol. The SMILES string of the molecule is IC1Cc2ccccc2C23CC4(C2)CC13C4. The molecule has 82 valence electrons. The number of hydrogen-bond donors (Lipinski definition) is 0. The topological polar surface area (TPSA) is 0 Å². The van der Waals surface area contributed by atoms with Crippen LogP contribution in [-0.2, 0) is 11.8 Å². The lowest BCUT2D eigenvalue weighted by Crippen LogP contribution is -2.47. The van der Waals surface area contributed by atoms with Crippen LogP contribution in [0.4, 0.5) is 0 Å². The smallest absolute Gasteiger partial charge is 0.0215 e. The molecule has 0 aromatic heterocycles. The van der Waals surface area contributed by atoms with E-state index in [4.69, 9.17) is 0 Å². The van der Waals surface area contributed by atoms with E-state index in [9.17, 15) is 0 Å². The fourth-order valence-electron chi connectivity index (χ4n) is 5.99. The standard InChI is InChI=1S/C15H15I/c16-12-5-10-3-1-2-4-11(10)14-6-13(7-14)8-15(12,14)9-13/h1-4,12H,5-9H2. The van der Waals surface area contributed by atoms with Gasteiger partial charge in [0.15, 0.2) is 0 Å². The minimum absolute atomic E-state index is 0.633. The van der Waals surface area contributed by atoms with Crippen molar-refractivity contribution in [3.8, 4) is 0 Å². The molecule has 0 N–H and O–H groups in total. The molecule has 1 atom stereocenters. The summed E-state index contributed by atoms with van der Waals surface area (Å²) in [5, 5.41) is 0. The summed E-state index contributed by atoms with van der Waals surface area (Å²) in [5.41, 5.74) is 5.58. The van der Waals surface area contributed by atoms with Gasteiger partial charge in [0, 0.05) is 9.34 Å². The Morgan fingerprint density at radius 3 is 2.62 bits per heavy atom. The van der Waals surface area contributed by atoms with Crippen molar-refractivity contribution < 1.29 is 0 Å². The summed E-state index contributed by atoms with van der Waals surface area (Å²) in [6.45, 7) is 0. The molecular weight excluding hydrogens is 307 g/mol. The Balaban J connectivity index is 1.83. The summed E-state index contributed by atoms with van der Waals surface area (Å²) in [6.07, 6.45) is 7.49. The fourth-order valence-corrected chi connectivity index (χ4v) is 7.50. The monoisotopic (exact) mass is 322 g/mol. The van der Waals surface area contributed by atoms with Crippen LogP contribution in [0.3, 0.4) is 0 Å². The van der Waals surface area contributed by atoms with E-state index in [1.807, 2.05) is 0 Å². The lowest BCUT2D eigenvalue weighted by molar-refractivity contribution is 0.0979. The van der Waals surface area contributed by atoms with Gasteiger partial charge in [0.1, 0.15) is 0 Å². The van der Waals surface area contributed by atoms with Gasteiger partial charge in [-0.15, -0.1) is 0 Å². The van der Waals surface area contributed by atoms with Crippen molar-refractivity contribution in [2.75, 3.05) is 0 Å². The van der Waals surface area contributed by atoms with Gasteiger partial charge in [-0.3, -0.25) is 0 Å². The molecule has 7 aliphatic rings. The number of hydrogen-bond acceptors (Lipinski definition) is 0. The molecular formula is C15H15I. The third-order valence-corrected chi connectivity index (χ3v) is 7.85. The molecule has 0 nitrogen and oxygen atoms in total. The van der Waals surface area contributed by atoms with Crippen molar-refractivity contribution in [3.63, 3.8) is 0 Å². The summed E-state index contributed by atoms with van der Waals surface area (Å²) in [6, 6.07) is 9.30. The zero-order valence-corrected chi connectivity index (χ0v) is 11.5. The Morgan fingerprint density at radius 2 is 1.81 bits per heavy atom. The van der Waals surface area contributed by atoms with E-state index in [-0.39, 0.29) is 0 Å². The zero-order valence-electron chi connectivity index (χ0n) is 9.30. The van der Waals surface area contributed by atoms with Crippen molar-refractivity contribution in [3.05, 3.63) is 35.4 Å². The lowest BCUT2D eigenvalue weighted by Gasteiger charge is -2.49. The van der Waals surface area contributed by atoms with Crippen LogP contribution in [0.1, 0.15) is 36.8 Å². The van der Waals surface area contributed by atoms with E-state index in [1.165, 1.54) is 19.3 Å². The predicted octanol–water partition coefficient (Wildman–Crippen LogP) is 3.86. The van der Waals surface area contributed by atoms with Gasteiger partial charge in [0.25, 0.3) is 0 Å². The maximum absolute atomic E-state index is 2.76. The Labute approximate surface area is 110 Å². The summed E-state index contributed by atoms with van der Waals surface area (Å²) >= 11 is 2.76. The minimum atomic E-state index is 0.633. The van der Waals surface area contributed by atoms with Crippen LogP contribution in [0, 0.1) is 10.8 Å². The highest BCUT2D eigenvalue weighted by Gasteiger charge is 2.84. The van der Waals surface area contributed by atoms with Crippen LogP contribution in [-0.4, -0.2) is 3.92 Å². The second kappa shape index (κ2) is 2.25. The van der Waals surface area contributed by atoms with E-state index in [2.05, 4.69) is 46.9 Å². The maximum Gasteiger partial charge on any atom is 0.0215 e. The summed E-state index contributed by atoms with van der Waals surface area (Å²) in [7, 11) is 0. The Morgan fingerprint density at radius 1 is 1.06 bits per heavy atom. The molecule has 6 fully saturated rings. The molecule has 7 aliphatic carbocycles. The molecule has 1 aromatic rings. The number of alkyl halides is 1. The van der Waals surface area contributed by atoms with Gasteiger partial charge in [0.2, 0.25) is 0 Å². The fraction of sp³-hybridized carbons (Fsp3) is 0.600. The summed E-state index contributed by atoms with van der Waals surface area (Å²) in [5.74, 6) is 0. The second-order valence-electron chi connectivity index (χ2n) is 6.77. The minimum Gasteiger partial charge on any atom is -0.0816 e. The number of rotatable bonds is 0. The molecule has 3 bridgehead atoms. The summed E-state index contributed by atoms with van der Waals surface area (Å²) < 4.78 is 0.901. The van der Waals surface area contributed by atoms with Gasteiger partial charge in [-0.1, -0.05) is 46.9 Å². The molecule has 1 unspecified atom stereocenters. The maximum atomic E-state index is 2.76. The van der Waals surface area contributed by atoms with Crippen LogP contribution >= 0.6 is 22.6 Å². The van der Waals surface area contributed by atoms with Gasteiger partial charge in [-0.05, 0) is 54.1 Å². The highest BCUT2D eigenvalue weighted by molar-refractivity contribution is 14.1. The van der Waals surface area contributed by atoms with Crippen molar-refractivity contribution in [1.82, 2.24) is 0 Å². The van der Waals surface area contributed by atoms with Gasteiger partial charge < -0.3 is 0 Å². The zero-order chi connectivity index (χ0) is 10.6. The molecule has 0 amide bonds. The molecule has 1 heteroatoms. The second-order valence-corrected chi connectivity index (χ2v) is 8.28. The molecule has 0 saturated heterocycles. The molecule has 0 radical (unpaired) electrons. The third kappa shape index (κ3) is 0.651. The highest BCUT2D eigenvalue weighted by atomic mass is 127. The van der Waals surface area contributed by atoms with Gasteiger partial charge in [-0.25, -0.2) is 0 Å². The van der Waals surface area contributed by atoms with E-state index in [0.717, 1.165) is 14.8 Å². The number of benzene rings is 1. The Hall–Kier alpha value is -0.0500. The number of halogens is 1. The average Bonchev–Trinajstić information content (AvgIpc) is 2.79. The highest BCUT2D eigenvalue weighted by Crippen LogP contribution is 2.90. The first kappa shape index (κ1) is 8.96. The first-order valence-electron chi connectivity index (χ1n) is 6.42. The lowest BCUT2D eigenvalue weighted by atomic mass is 9.57. The summed E-state index contributed by atoms with van der Waals surface area (Å²) in [4.78, 5) is 0. The number of fused-ring (bicyclic) bond motifs is 1. The van der Waals surface area contributed by atoms with Crippen LogP contribution < -0.4 is 0 Å². The van der Waals surface area contributed by atoms with Crippen molar-refractivity contribution >= 4 is 22.6 Å². The van der Waals surface area contributed by atoms with Gasteiger partial charge >= 0.3 is 0 Å². The molecule has 6 saturated carbocycles. The first-order valence-corrected chi connectivity index (χ1v) is 7.67. The molecule has 3 spiro atoms. The van der Waals surface area contributed by atoms with Gasteiger partial charge in [0.05, 0.1) is 0 Å². The Bertz CT molecular complexity index is 502.